The van der Waals surface area contributed by atoms with Gasteiger partial charge in [0, 0.05) is 46.0 Å². The monoisotopic (exact) mass is 391 g/mol. The van der Waals surface area contributed by atoms with Gasteiger partial charge in [0.2, 0.25) is 5.91 Å². The lowest BCUT2D eigenvalue weighted by Gasteiger charge is -2.36. The predicted octanol–water partition coefficient (Wildman–Crippen LogP) is 0.980. The minimum atomic E-state index is -0.535. The average molecular weight is 391 g/mol. The van der Waals surface area contributed by atoms with Gasteiger partial charge in [-0.15, -0.1) is 0 Å². The molecule has 1 aromatic carbocycles. The maximum absolute atomic E-state index is 14.4. The number of amides is 2. The number of hydrogen-bond acceptors (Lipinski definition) is 5. The fourth-order valence-corrected chi connectivity index (χ4v) is 4.22. The second kappa shape index (κ2) is 7.67. The molecule has 2 amide bonds. The highest BCUT2D eigenvalue weighted by atomic mass is 19.1. The molecule has 152 valence electrons. The van der Waals surface area contributed by atoms with Crippen molar-refractivity contribution in [2.24, 2.45) is 5.92 Å². The molecule has 8 heteroatoms. The van der Waals surface area contributed by atoms with Gasteiger partial charge in [-0.1, -0.05) is 0 Å². The van der Waals surface area contributed by atoms with Crippen molar-refractivity contribution in [2.75, 3.05) is 58.5 Å². The maximum atomic E-state index is 14.4. The van der Waals surface area contributed by atoms with Crippen LogP contribution in [0.5, 0.6) is 0 Å². The van der Waals surface area contributed by atoms with Gasteiger partial charge in [-0.25, -0.2) is 4.39 Å². The maximum Gasteiger partial charge on any atom is 0.257 e. The zero-order chi connectivity index (χ0) is 19.8. The fourth-order valence-electron chi connectivity index (χ4n) is 4.22. The van der Waals surface area contributed by atoms with Crippen LogP contribution < -0.4 is 4.90 Å². The summed E-state index contributed by atoms with van der Waals surface area (Å²) in [4.78, 5) is 31.2. The van der Waals surface area contributed by atoms with Crippen LogP contribution >= 0.6 is 0 Å². The van der Waals surface area contributed by atoms with Crippen molar-refractivity contribution in [2.45, 2.75) is 18.6 Å². The summed E-state index contributed by atoms with van der Waals surface area (Å²) in [5, 5.41) is 0. The third kappa shape index (κ3) is 3.46. The molecule has 0 saturated carbocycles. The summed E-state index contributed by atoms with van der Waals surface area (Å²) in [6.07, 6.45) is 0.500. The van der Waals surface area contributed by atoms with Crippen LogP contribution in [0.1, 0.15) is 16.8 Å². The van der Waals surface area contributed by atoms with E-state index in [9.17, 15) is 14.0 Å². The lowest BCUT2D eigenvalue weighted by atomic mass is 10.1. The Kier molecular flexibility index (Phi) is 5.25. The van der Waals surface area contributed by atoms with E-state index in [1.807, 2.05) is 19.0 Å². The topological polar surface area (TPSA) is 62.3 Å². The molecule has 1 aromatic rings. The number of rotatable bonds is 3. The largest absolute Gasteiger partial charge is 0.381 e. The number of anilines is 1. The number of morpholine rings is 1. The molecule has 3 fully saturated rings. The standard InChI is InChI=1S/C20H26FN3O4/c1-22(2)14-3-4-16(21)15(9-14)20(26)24-6-8-28-18-11-23(10-17(18)24)19(25)13-5-7-27-12-13/h3-4,9,13,17-18H,5-8,10-12H2,1-2H3/t13-,17-,18+/m0/s1. The summed E-state index contributed by atoms with van der Waals surface area (Å²) in [5.74, 6) is -0.937. The minimum Gasteiger partial charge on any atom is -0.381 e. The van der Waals surface area contributed by atoms with Crippen molar-refractivity contribution in [1.29, 1.82) is 0 Å². The van der Waals surface area contributed by atoms with Gasteiger partial charge in [0.15, 0.2) is 0 Å². The van der Waals surface area contributed by atoms with E-state index in [4.69, 9.17) is 9.47 Å². The van der Waals surface area contributed by atoms with E-state index in [0.29, 0.717) is 39.5 Å². The van der Waals surface area contributed by atoms with Crippen LogP contribution in [-0.2, 0) is 14.3 Å². The van der Waals surface area contributed by atoms with E-state index < -0.39 is 5.82 Å². The van der Waals surface area contributed by atoms with Crippen LogP contribution in [0.4, 0.5) is 10.1 Å². The van der Waals surface area contributed by atoms with Crippen molar-refractivity contribution >= 4 is 17.5 Å². The van der Waals surface area contributed by atoms with Crippen LogP contribution in [0.15, 0.2) is 18.2 Å². The third-order valence-electron chi connectivity index (χ3n) is 5.85. The first kappa shape index (κ1) is 19.1. The molecule has 3 aliphatic rings. The van der Waals surface area contributed by atoms with Crippen LogP contribution in [0.25, 0.3) is 0 Å². The number of carbonyl (C=O) groups excluding carboxylic acids is 2. The summed E-state index contributed by atoms with van der Waals surface area (Å²) >= 11 is 0. The quantitative estimate of drug-likeness (QED) is 0.769. The first-order valence-corrected chi connectivity index (χ1v) is 9.71. The smallest absolute Gasteiger partial charge is 0.257 e. The summed E-state index contributed by atoms with van der Waals surface area (Å²) in [5.41, 5.74) is 0.819. The highest BCUT2D eigenvalue weighted by Gasteiger charge is 2.45. The van der Waals surface area contributed by atoms with Crippen LogP contribution in [-0.4, -0.2) is 87.3 Å². The van der Waals surface area contributed by atoms with Gasteiger partial charge in [0.25, 0.3) is 5.91 Å². The van der Waals surface area contributed by atoms with Crippen LogP contribution in [0.3, 0.4) is 0 Å². The van der Waals surface area contributed by atoms with E-state index in [1.54, 1.807) is 21.9 Å². The molecule has 0 spiro atoms. The molecule has 7 nitrogen and oxygen atoms in total. The highest BCUT2D eigenvalue weighted by Crippen LogP contribution is 2.28. The molecule has 28 heavy (non-hydrogen) atoms. The lowest BCUT2D eigenvalue weighted by molar-refractivity contribution is -0.134. The van der Waals surface area contributed by atoms with E-state index in [0.717, 1.165) is 12.1 Å². The number of benzene rings is 1. The summed E-state index contributed by atoms with van der Waals surface area (Å²) < 4.78 is 25.6. The molecule has 0 aromatic heterocycles. The number of likely N-dealkylation sites (tertiary alicyclic amines) is 1. The molecular formula is C20H26FN3O4. The molecule has 3 heterocycles. The van der Waals surface area contributed by atoms with Gasteiger partial charge >= 0.3 is 0 Å². The van der Waals surface area contributed by atoms with Gasteiger partial charge in [-0.2, -0.15) is 0 Å². The van der Waals surface area contributed by atoms with Crippen molar-refractivity contribution in [3.63, 3.8) is 0 Å². The number of ether oxygens (including phenoxy) is 2. The zero-order valence-corrected chi connectivity index (χ0v) is 16.3. The lowest BCUT2D eigenvalue weighted by Crippen LogP contribution is -2.53. The highest BCUT2D eigenvalue weighted by molar-refractivity contribution is 5.96. The Bertz CT molecular complexity index is 766. The predicted molar refractivity (Wildman–Crippen MR) is 101 cm³/mol. The number of hydrogen-bond donors (Lipinski definition) is 0. The Labute approximate surface area is 164 Å². The molecule has 0 radical (unpaired) electrons. The van der Waals surface area contributed by atoms with Crippen LogP contribution in [0, 0.1) is 11.7 Å². The Hall–Kier alpha value is -2.19. The van der Waals surface area contributed by atoms with E-state index >= 15 is 0 Å². The fraction of sp³-hybridized carbons (Fsp3) is 0.600. The average Bonchev–Trinajstić information content (AvgIpc) is 3.36. The molecule has 3 atom stereocenters. The Morgan fingerprint density at radius 2 is 2.04 bits per heavy atom. The second-order valence-corrected chi connectivity index (χ2v) is 7.84. The van der Waals surface area contributed by atoms with E-state index in [1.165, 1.54) is 6.07 Å². The number of carbonyl (C=O) groups is 2. The molecule has 0 aliphatic carbocycles. The van der Waals surface area contributed by atoms with E-state index in [2.05, 4.69) is 0 Å². The molecule has 3 saturated heterocycles. The molecule has 0 bridgehead atoms. The van der Waals surface area contributed by atoms with Crippen molar-refractivity contribution in [3.05, 3.63) is 29.6 Å². The number of fused-ring (bicyclic) bond motifs is 1. The summed E-state index contributed by atoms with van der Waals surface area (Å²) in [6, 6.07) is 4.30. The first-order chi connectivity index (χ1) is 13.5. The molecular weight excluding hydrogens is 365 g/mol. The number of nitrogens with zero attached hydrogens (tertiary/aromatic N) is 3. The summed E-state index contributed by atoms with van der Waals surface area (Å²) in [6.45, 7) is 2.72. The van der Waals surface area contributed by atoms with Crippen molar-refractivity contribution < 1.29 is 23.5 Å². The Morgan fingerprint density at radius 3 is 2.75 bits per heavy atom. The zero-order valence-electron chi connectivity index (χ0n) is 16.3. The Morgan fingerprint density at radius 1 is 1.21 bits per heavy atom. The molecule has 4 rings (SSSR count). The SMILES string of the molecule is CN(C)c1ccc(F)c(C(=O)N2CCO[C@@H]3CN(C(=O)[C@H]4CCOC4)C[C@@H]32)c1. The third-order valence-corrected chi connectivity index (χ3v) is 5.85. The van der Waals surface area contributed by atoms with Crippen molar-refractivity contribution in [1.82, 2.24) is 9.80 Å². The Balaban J connectivity index is 1.53. The molecule has 0 unspecified atom stereocenters. The van der Waals surface area contributed by atoms with Gasteiger partial charge in [0.05, 0.1) is 36.8 Å². The molecule has 3 aliphatic heterocycles. The molecule has 0 N–H and O–H groups in total. The van der Waals surface area contributed by atoms with E-state index in [-0.39, 0.29) is 35.4 Å². The summed E-state index contributed by atoms with van der Waals surface area (Å²) in [7, 11) is 3.69. The van der Waals surface area contributed by atoms with Crippen LogP contribution in [0.2, 0.25) is 0 Å². The minimum absolute atomic E-state index is 0.0563. The normalized spacial score (nSPS) is 27.0. The van der Waals surface area contributed by atoms with Gasteiger partial charge in [-0.3, -0.25) is 9.59 Å². The second-order valence-electron chi connectivity index (χ2n) is 7.84. The van der Waals surface area contributed by atoms with Gasteiger partial charge in [0.1, 0.15) is 5.82 Å². The van der Waals surface area contributed by atoms with Gasteiger partial charge < -0.3 is 24.2 Å². The van der Waals surface area contributed by atoms with Crippen molar-refractivity contribution in [3.8, 4) is 0 Å². The van der Waals surface area contributed by atoms with Gasteiger partial charge in [-0.05, 0) is 24.6 Å². The number of halogens is 1. The first-order valence-electron chi connectivity index (χ1n) is 9.71.